The van der Waals surface area contributed by atoms with Gasteiger partial charge in [0.05, 0.1) is 11.9 Å². The Morgan fingerprint density at radius 3 is 2.43 bits per heavy atom. The molecule has 1 amide bonds. The number of carbonyl (C=O) groups is 1. The molecule has 0 fully saturated rings. The molecule has 0 bridgehead atoms. The monoisotopic (exact) mass is 381 g/mol. The van der Waals surface area contributed by atoms with Crippen LogP contribution in [0.1, 0.15) is 15.9 Å². The maximum atomic E-state index is 13.8. The summed E-state index contributed by atoms with van der Waals surface area (Å²) in [5, 5.41) is 4.31. The van der Waals surface area contributed by atoms with Gasteiger partial charge >= 0.3 is 0 Å². The Morgan fingerprint density at radius 1 is 1.07 bits per heavy atom. The number of aryl methyl sites for hydroxylation is 1. The standard InChI is InChI=1S/C19H13F2N5O2/c1-11-5-7-12(8-6-11)26-17-13(9-23-26)19(28)25(10-22-17)24-18(27)16-14(20)3-2-4-15(16)21/h2-10H,1H3,(H,24,27). The highest BCUT2D eigenvalue weighted by Crippen LogP contribution is 2.15. The quantitative estimate of drug-likeness (QED) is 0.591. The van der Waals surface area contributed by atoms with E-state index in [9.17, 15) is 18.4 Å². The van der Waals surface area contributed by atoms with Crippen molar-refractivity contribution in [2.24, 2.45) is 0 Å². The van der Waals surface area contributed by atoms with E-state index in [-0.39, 0.29) is 11.0 Å². The van der Waals surface area contributed by atoms with Gasteiger partial charge < -0.3 is 0 Å². The summed E-state index contributed by atoms with van der Waals surface area (Å²) < 4.78 is 29.8. The molecule has 0 saturated carbocycles. The molecule has 0 aliphatic carbocycles. The SMILES string of the molecule is Cc1ccc(-n2ncc3c(=O)n(NC(=O)c4c(F)cccc4F)cnc32)cc1. The predicted octanol–water partition coefficient (Wildman–Crippen LogP) is 2.55. The summed E-state index contributed by atoms with van der Waals surface area (Å²) in [6.45, 7) is 1.95. The first-order chi connectivity index (χ1) is 13.5. The average Bonchev–Trinajstić information content (AvgIpc) is 3.09. The van der Waals surface area contributed by atoms with Crippen LogP contribution in [0.25, 0.3) is 16.7 Å². The Balaban J connectivity index is 1.72. The highest BCUT2D eigenvalue weighted by atomic mass is 19.1. The van der Waals surface area contributed by atoms with Crippen LogP contribution >= 0.6 is 0 Å². The molecule has 0 saturated heterocycles. The summed E-state index contributed by atoms with van der Waals surface area (Å²) in [5.74, 6) is -3.18. The van der Waals surface area contributed by atoms with Crippen molar-refractivity contribution in [2.75, 3.05) is 5.43 Å². The Hall–Kier alpha value is -3.88. The third-order valence-corrected chi connectivity index (χ3v) is 4.18. The molecule has 2 aromatic heterocycles. The van der Waals surface area contributed by atoms with E-state index in [0.29, 0.717) is 5.69 Å². The largest absolute Gasteiger partial charge is 0.283 e. The molecule has 0 atom stereocenters. The molecule has 4 aromatic rings. The average molecular weight is 381 g/mol. The molecule has 1 N–H and O–H groups in total. The lowest BCUT2D eigenvalue weighted by Gasteiger charge is -2.09. The fourth-order valence-electron chi connectivity index (χ4n) is 2.75. The second-order valence-electron chi connectivity index (χ2n) is 6.09. The number of nitrogens with one attached hydrogen (secondary N) is 1. The fraction of sp³-hybridized carbons (Fsp3) is 0.0526. The molecule has 7 nitrogen and oxygen atoms in total. The summed E-state index contributed by atoms with van der Waals surface area (Å²) in [6, 6.07) is 10.5. The number of hydrogen-bond acceptors (Lipinski definition) is 4. The van der Waals surface area contributed by atoms with Crippen molar-refractivity contribution in [3.05, 3.63) is 88.1 Å². The van der Waals surface area contributed by atoms with Crippen LogP contribution in [0.3, 0.4) is 0 Å². The number of carbonyl (C=O) groups excluding carboxylic acids is 1. The molecule has 140 valence electrons. The number of rotatable bonds is 3. The number of hydrogen-bond donors (Lipinski definition) is 1. The van der Waals surface area contributed by atoms with Gasteiger partial charge in [0, 0.05) is 0 Å². The normalized spacial score (nSPS) is 11.0. The van der Waals surface area contributed by atoms with E-state index in [2.05, 4.69) is 15.5 Å². The lowest BCUT2D eigenvalue weighted by atomic mass is 10.2. The van der Waals surface area contributed by atoms with Gasteiger partial charge in [-0.3, -0.25) is 15.0 Å². The second kappa shape index (κ2) is 6.69. The van der Waals surface area contributed by atoms with Crippen LogP contribution in [0, 0.1) is 18.6 Å². The Bertz CT molecular complexity index is 1240. The first kappa shape index (κ1) is 17.5. The molecular weight excluding hydrogens is 368 g/mol. The van der Waals surface area contributed by atoms with Gasteiger partial charge in [0.25, 0.3) is 11.5 Å². The van der Waals surface area contributed by atoms with E-state index in [1.54, 1.807) is 0 Å². The Labute approximate surface area is 156 Å². The second-order valence-corrected chi connectivity index (χ2v) is 6.09. The van der Waals surface area contributed by atoms with E-state index < -0.39 is 28.7 Å². The van der Waals surface area contributed by atoms with Crippen LogP contribution in [-0.2, 0) is 0 Å². The molecule has 0 aliphatic heterocycles. The lowest BCUT2D eigenvalue weighted by Crippen LogP contribution is -2.34. The minimum atomic E-state index is -1.11. The number of fused-ring (bicyclic) bond motifs is 1. The zero-order chi connectivity index (χ0) is 19.8. The Morgan fingerprint density at radius 2 is 1.75 bits per heavy atom. The molecule has 4 rings (SSSR count). The van der Waals surface area contributed by atoms with E-state index in [1.807, 2.05) is 31.2 Å². The van der Waals surface area contributed by atoms with E-state index >= 15 is 0 Å². The van der Waals surface area contributed by atoms with Gasteiger partial charge in [-0.1, -0.05) is 23.8 Å². The van der Waals surface area contributed by atoms with Gasteiger partial charge in [0.1, 0.15) is 28.9 Å². The van der Waals surface area contributed by atoms with Crippen molar-refractivity contribution in [1.29, 1.82) is 0 Å². The number of benzene rings is 2. The number of amides is 1. The number of aromatic nitrogens is 4. The number of halogens is 2. The molecule has 0 aliphatic rings. The van der Waals surface area contributed by atoms with Crippen molar-refractivity contribution in [3.8, 4) is 5.69 Å². The predicted molar refractivity (Wildman–Crippen MR) is 97.9 cm³/mol. The van der Waals surface area contributed by atoms with Crippen molar-refractivity contribution < 1.29 is 13.6 Å². The summed E-state index contributed by atoms with van der Waals surface area (Å²) in [5.41, 5.74) is 2.79. The van der Waals surface area contributed by atoms with Crippen LogP contribution in [-0.4, -0.2) is 25.3 Å². The zero-order valence-corrected chi connectivity index (χ0v) is 14.6. The molecule has 9 heteroatoms. The highest BCUT2D eigenvalue weighted by Gasteiger charge is 2.19. The van der Waals surface area contributed by atoms with Gasteiger partial charge in [0.2, 0.25) is 0 Å². The molecule has 28 heavy (non-hydrogen) atoms. The van der Waals surface area contributed by atoms with Crippen LogP contribution in [0.15, 0.2) is 59.8 Å². The molecule has 0 spiro atoms. The topological polar surface area (TPSA) is 81.8 Å². The molecule has 0 radical (unpaired) electrons. The van der Waals surface area contributed by atoms with Crippen molar-refractivity contribution in [2.45, 2.75) is 6.92 Å². The fourth-order valence-corrected chi connectivity index (χ4v) is 2.75. The van der Waals surface area contributed by atoms with Crippen molar-refractivity contribution in [1.82, 2.24) is 19.4 Å². The maximum absolute atomic E-state index is 13.8. The van der Waals surface area contributed by atoms with Gasteiger partial charge in [-0.05, 0) is 31.2 Å². The smallest absolute Gasteiger partial charge is 0.267 e. The Kier molecular flexibility index (Phi) is 4.19. The van der Waals surface area contributed by atoms with E-state index in [4.69, 9.17) is 0 Å². The minimum Gasteiger partial charge on any atom is -0.267 e. The first-order valence-corrected chi connectivity index (χ1v) is 8.23. The van der Waals surface area contributed by atoms with Crippen molar-refractivity contribution in [3.63, 3.8) is 0 Å². The lowest BCUT2D eigenvalue weighted by molar-refractivity contribution is 0.0999. The number of nitrogens with zero attached hydrogens (tertiary/aromatic N) is 4. The minimum absolute atomic E-state index is 0.136. The van der Waals surface area contributed by atoms with Gasteiger partial charge in [-0.2, -0.15) is 5.10 Å². The molecule has 0 unspecified atom stereocenters. The molecule has 2 heterocycles. The zero-order valence-electron chi connectivity index (χ0n) is 14.6. The molecule has 2 aromatic carbocycles. The van der Waals surface area contributed by atoms with Crippen LogP contribution in [0.5, 0.6) is 0 Å². The van der Waals surface area contributed by atoms with Gasteiger partial charge in [0.15, 0.2) is 5.65 Å². The summed E-state index contributed by atoms with van der Waals surface area (Å²) >= 11 is 0. The summed E-state index contributed by atoms with van der Waals surface area (Å²) in [7, 11) is 0. The first-order valence-electron chi connectivity index (χ1n) is 8.23. The van der Waals surface area contributed by atoms with E-state index in [1.165, 1.54) is 10.9 Å². The van der Waals surface area contributed by atoms with Crippen LogP contribution in [0.4, 0.5) is 8.78 Å². The van der Waals surface area contributed by atoms with Crippen LogP contribution < -0.4 is 11.0 Å². The summed E-state index contributed by atoms with van der Waals surface area (Å²) in [6.07, 6.45) is 2.38. The van der Waals surface area contributed by atoms with E-state index in [0.717, 1.165) is 34.8 Å². The third kappa shape index (κ3) is 2.92. The highest BCUT2D eigenvalue weighted by molar-refractivity contribution is 6.00. The van der Waals surface area contributed by atoms with Crippen LogP contribution in [0.2, 0.25) is 0 Å². The molecular formula is C19H13F2N5O2. The maximum Gasteiger partial charge on any atom is 0.283 e. The van der Waals surface area contributed by atoms with Gasteiger partial charge in [-0.25, -0.2) is 23.1 Å². The third-order valence-electron chi connectivity index (χ3n) is 4.18. The van der Waals surface area contributed by atoms with Crippen molar-refractivity contribution >= 4 is 16.9 Å². The summed E-state index contributed by atoms with van der Waals surface area (Å²) in [4.78, 5) is 29.0. The van der Waals surface area contributed by atoms with Gasteiger partial charge in [-0.15, -0.1) is 0 Å².